The highest BCUT2D eigenvalue weighted by atomic mass is 32.2. The number of hydrogen-bond donors (Lipinski definition) is 1. The van der Waals surface area contributed by atoms with Gasteiger partial charge in [-0.1, -0.05) is 45.0 Å². The number of carbonyl (C=O) groups is 1. The Morgan fingerprint density at radius 1 is 1.15 bits per heavy atom. The van der Waals surface area contributed by atoms with E-state index in [4.69, 9.17) is 0 Å². The third-order valence-electron chi connectivity index (χ3n) is 4.59. The lowest BCUT2D eigenvalue weighted by atomic mass is 9.94. The molecule has 1 aliphatic rings. The number of hydrogen-bond acceptors (Lipinski definition) is 4. The molecule has 1 aromatic heterocycles. The van der Waals surface area contributed by atoms with Crippen LogP contribution in [0.1, 0.15) is 26.3 Å². The van der Waals surface area contributed by atoms with Gasteiger partial charge < -0.3 is 10.2 Å². The Balaban J connectivity index is 2.03. The smallest absolute Gasteiger partial charge is 0.229 e. The fourth-order valence-electron chi connectivity index (χ4n) is 2.92. The van der Waals surface area contributed by atoms with Crippen LogP contribution in [-0.4, -0.2) is 35.5 Å². The molecule has 138 valence electrons. The van der Waals surface area contributed by atoms with Crippen molar-refractivity contribution < 1.29 is 4.79 Å². The van der Waals surface area contributed by atoms with Crippen LogP contribution in [0.5, 0.6) is 0 Å². The van der Waals surface area contributed by atoms with E-state index in [0.29, 0.717) is 0 Å². The van der Waals surface area contributed by atoms with Crippen molar-refractivity contribution in [3.8, 4) is 11.1 Å². The molecule has 5 heteroatoms. The normalized spacial score (nSPS) is 15.0. The van der Waals surface area contributed by atoms with Crippen molar-refractivity contribution in [2.75, 3.05) is 34.8 Å². The summed E-state index contributed by atoms with van der Waals surface area (Å²) in [4.78, 5) is 19.5. The van der Waals surface area contributed by atoms with E-state index in [0.717, 1.165) is 47.2 Å². The molecule has 26 heavy (non-hydrogen) atoms. The number of thioether (sulfide) groups is 1. The van der Waals surface area contributed by atoms with Crippen molar-refractivity contribution in [3.05, 3.63) is 42.1 Å². The molecule has 2 aromatic rings. The minimum absolute atomic E-state index is 0.00347. The zero-order valence-electron chi connectivity index (χ0n) is 16.0. The molecule has 3 rings (SSSR count). The predicted octanol–water partition coefficient (Wildman–Crippen LogP) is 4.59. The van der Waals surface area contributed by atoms with Crippen molar-refractivity contribution in [3.63, 3.8) is 0 Å². The summed E-state index contributed by atoms with van der Waals surface area (Å²) in [6.45, 7) is 9.88. The molecule has 4 nitrogen and oxygen atoms in total. The standard InChI is InChI=1S/C21H27N3OS/c1-15-7-5-6-8-16(15)17-13-19(24-9-11-26-12-10-24)22-14-18(17)23-20(25)21(2,3)4/h5-8,13-14H,9-12H2,1-4H3,(H,23,25). The van der Waals surface area contributed by atoms with E-state index in [1.165, 1.54) is 5.56 Å². The topological polar surface area (TPSA) is 45.2 Å². The number of aromatic nitrogens is 1. The number of pyridine rings is 1. The second-order valence-corrected chi connectivity index (χ2v) is 8.93. The van der Waals surface area contributed by atoms with Crippen LogP contribution >= 0.6 is 11.8 Å². The van der Waals surface area contributed by atoms with Crippen LogP contribution in [0.15, 0.2) is 36.5 Å². The van der Waals surface area contributed by atoms with Crippen LogP contribution in [0, 0.1) is 12.3 Å². The fraction of sp³-hybridized carbons (Fsp3) is 0.429. The molecule has 2 heterocycles. The molecular formula is C21H27N3OS. The van der Waals surface area contributed by atoms with Gasteiger partial charge in [-0.2, -0.15) is 11.8 Å². The molecule has 0 radical (unpaired) electrons. The SMILES string of the molecule is Cc1ccccc1-c1cc(N2CCSCC2)ncc1NC(=O)C(C)(C)C. The molecule has 1 aliphatic heterocycles. The highest BCUT2D eigenvalue weighted by Crippen LogP contribution is 2.34. The van der Waals surface area contributed by atoms with E-state index >= 15 is 0 Å². The van der Waals surface area contributed by atoms with Gasteiger partial charge in [-0.15, -0.1) is 0 Å². The maximum absolute atomic E-state index is 12.5. The summed E-state index contributed by atoms with van der Waals surface area (Å²) in [5, 5.41) is 3.08. The molecule has 0 aliphatic carbocycles. The number of benzene rings is 1. The quantitative estimate of drug-likeness (QED) is 0.859. The molecule has 0 atom stereocenters. The molecule has 1 saturated heterocycles. The van der Waals surface area contributed by atoms with Crippen LogP contribution in [0.2, 0.25) is 0 Å². The van der Waals surface area contributed by atoms with Gasteiger partial charge in [-0.3, -0.25) is 4.79 Å². The summed E-state index contributed by atoms with van der Waals surface area (Å²) in [5.74, 6) is 3.24. The Morgan fingerprint density at radius 2 is 1.85 bits per heavy atom. The molecule has 0 saturated carbocycles. The fourth-order valence-corrected chi connectivity index (χ4v) is 3.82. The Bertz CT molecular complexity index is 792. The number of amides is 1. The monoisotopic (exact) mass is 369 g/mol. The molecule has 1 aromatic carbocycles. The van der Waals surface area contributed by atoms with Crippen molar-refractivity contribution in [1.82, 2.24) is 4.98 Å². The third kappa shape index (κ3) is 4.21. The van der Waals surface area contributed by atoms with Gasteiger partial charge in [0.15, 0.2) is 0 Å². The number of carbonyl (C=O) groups excluding carboxylic acids is 1. The summed E-state index contributed by atoms with van der Waals surface area (Å²) < 4.78 is 0. The molecule has 1 fully saturated rings. The zero-order valence-corrected chi connectivity index (χ0v) is 16.8. The second kappa shape index (κ2) is 7.70. The van der Waals surface area contributed by atoms with Crippen molar-refractivity contribution in [2.24, 2.45) is 5.41 Å². The van der Waals surface area contributed by atoms with E-state index in [1.54, 1.807) is 0 Å². The number of nitrogens with zero attached hydrogens (tertiary/aromatic N) is 2. The average molecular weight is 370 g/mol. The second-order valence-electron chi connectivity index (χ2n) is 7.71. The molecule has 1 amide bonds. The largest absolute Gasteiger partial charge is 0.355 e. The first-order valence-corrected chi connectivity index (χ1v) is 10.2. The van der Waals surface area contributed by atoms with E-state index in [9.17, 15) is 4.79 Å². The number of rotatable bonds is 3. The molecular weight excluding hydrogens is 342 g/mol. The lowest BCUT2D eigenvalue weighted by molar-refractivity contribution is -0.123. The minimum atomic E-state index is -0.453. The predicted molar refractivity (Wildman–Crippen MR) is 112 cm³/mol. The highest BCUT2D eigenvalue weighted by Gasteiger charge is 2.23. The average Bonchev–Trinajstić information content (AvgIpc) is 2.62. The van der Waals surface area contributed by atoms with E-state index in [1.807, 2.05) is 50.9 Å². The highest BCUT2D eigenvalue weighted by molar-refractivity contribution is 7.99. The van der Waals surface area contributed by atoms with Gasteiger partial charge in [0.2, 0.25) is 5.91 Å². The van der Waals surface area contributed by atoms with Gasteiger partial charge >= 0.3 is 0 Å². The summed E-state index contributed by atoms with van der Waals surface area (Å²) in [6, 6.07) is 10.4. The van der Waals surface area contributed by atoms with E-state index in [2.05, 4.69) is 40.3 Å². The van der Waals surface area contributed by atoms with Crippen LogP contribution < -0.4 is 10.2 Å². The zero-order chi connectivity index (χ0) is 18.7. The first-order valence-electron chi connectivity index (χ1n) is 9.06. The first-order chi connectivity index (χ1) is 12.4. The lowest BCUT2D eigenvalue weighted by Crippen LogP contribution is -2.33. The Labute approximate surface area is 160 Å². The summed E-state index contributed by atoms with van der Waals surface area (Å²) in [7, 11) is 0. The van der Waals surface area contributed by atoms with Gasteiger partial charge in [0.05, 0.1) is 11.9 Å². The van der Waals surface area contributed by atoms with Gasteiger partial charge in [0.1, 0.15) is 5.82 Å². The van der Waals surface area contributed by atoms with Gasteiger partial charge in [-0.05, 0) is 24.1 Å². The minimum Gasteiger partial charge on any atom is -0.355 e. The summed E-state index contributed by atoms with van der Waals surface area (Å²) in [5.41, 5.74) is 3.67. The maximum atomic E-state index is 12.5. The Kier molecular flexibility index (Phi) is 5.56. The molecule has 1 N–H and O–H groups in total. The number of aryl methyl sites for hydroxylation is 1. The van der Waals surface area contributed by atoms with Crippen molar-refractivity contribution in [1.29, 1.82) is 0 Å². The van der Waals surface area contributed by atoms with Crippen LogP contribution in [0.3, 0.4) is 0 Å². The maximum Gasteiger partial charge on any atom is 0.229 e. The number of anilines is 2. The van der Waals surface area contributed by atoms with Crippen molar-refractivity contribution >= 4 is 29.2 Å². The Hall–Kier alpha value is -2.01. The summed E-state index contributed by atoms with van der Waals surface area (Å²) in [6.07, 6.45) is 1.81. The van der Waals surface area contributed by atoms with E-state index in [-0.39, 0.29) is 5.91 Å². The molecule has 0 unspecified atom stereocenters. The van der Waals surface area contributed by atoms with Gasteiger partial charge in [-0.25, -0.2) is 4.98 Å². The van der Waals surface area contributed by atoms with Gasteiger partial charge in [0.25, 0.3) is 0 Å². The third-order valence-corrected chi connectivity index (χ3v) is 5.53. The van der Waals surface area contributed by atoms with Crippen LogP contribution in [0.25, 0.3) is 11.1 Å². The lowest BCUT2D eigenvalue weighted by Gasteiger charge is -2.28. The van der Waals surface area contributed by atoms with Crippen LogP contribution in [0.4, 0.5) is 11.5 Å². The van der Waals surface area contributed by atoms with E-state index < -0.39 is 5.41 Å². The first kappa shape index (κ1) is 18.8. The van der Waals surface area contributed by atoms with Crippen LogP contribution in [-0.2, 0) is 4.79 Å². The number of nitrogens with one attached hydrogen (secondary N) is 1. The summed E-state index contributed by atoms with van der Waals surface area (Å²) >= 11 is 1.98. The Morgan fingerprint density at radius 3 is 2.50 bits per heavy atom. The van der Waals surface area contributed by atoms with Crippen molar-refractivity contribution in [2.45, 2.75) is 27.7 Å². The van der Waals surface area contributed by atoms with Gasteiger partial charge in [0, 0.05) is 35.6 Å². The molecule has 0 spiro atoms. The molecule has 0 bridgehead atoms.